The number of fused-ring (bicyclic) bond motifs is 1. The first-order valence-electron chi connectivity index (χ1n) is 4.95. The quantitative estimate of drug-likeness (QED) is 0.899. The van der Waals surface area contributed by atoms with Gasteiger partial charge in [0.15, 0.2) is 0 Å². The van der Waals surface area contributed by atoms with Gasteiger partial charge in [-0.05, 0) is 12.1 Å². The maximum atomic E-state index is 6.09. The van der Waals surface area contributed by atoms with Gasteiger partial charge in [-0.1, -0.05) is 41.4 Å². The number of benzene rings is 1. The van der Waals surface area contributed by atoms with Crippen molar-refractivity contribution >= 4 is 27.5 Å². The third kappa shape index (κ3) is 2.30. The Morgan fingerprint density at radius 1 is 1.53 bits per heavy atom. The normalized spacial score (nSPS) is 19.1. The summed E-state index contributed by atoms with van der Waals surface area (Å²) >= 11 is 9.54. The van der Waals surface area contributed by atoms with Gasteiger partial charge in [0.1, 0.15) is 12.4 Å². The zero-order valence-corrected chi connectivity index (χ0v) is 11.0. The molecule has 1 aromatic carbocycles. The summed E-state index contributed by atoms with van der Waals surface area (Å²) in [6.45, 7) is 4.90. The Hall–Kier alpha value is -0.250. The van der Waals surface area contributed by atoms with E-state index in [4.69, 9.17) is 16.3 Å². The molecule has 2 nitrogen and oxygen atoms in total. The van der Waals surface area contributed by atoms with Crippen LogP contribution in [0.1, 0.15) is 25.5 Å². The van der Waals surface area contributed by atoms with Crippen molar-refractivity contribution in [1.82, 2.24) is 5.32 Å². The van der Waals surface area contributed by atoms with Crippen molar-refractivity contribution in [2.75, 3.05) is 6.61 Å². The van der Waals surface area contributed by atoms with Crippen LogP contribution in [0.2, 0.25) is 5.02 Å². The largest absolute Gasteiger partial charge is 0.490 e. The summed E-state index contributed by atoms with van der Waals surface area (Å²) in [5.74, 6) is 0.818. The van der Waals surface area contributed by atoms with Crippen LogP contribution in [-0.4, -0.2) is 12.6 Å². The molecule has 1 N–H and O–H groups in total. The lowest BCUT2D eigenvalue weighted by molar-refractivity contribution is 0.303. The van der Waals surface area contributed by atoms with Crippen molar-refractivity contribution in [3.8, 4) is 5.75 Å². The number of ether oxygens (including phenoxy) is 1. The van der Waals surface area contributed by atoms with Crippen LogP contribution >= 0.6 is 27.5 Å². The Kier molecular flexibility index (Phi) is 3.24. The fourth-order valence-electron chi connectivity index (χ4n) is 1.79. The molecule has 15 heavy (non-hydrogen) atoms. The van der Waals surface area contributed by atoms with Gasteiger partial charge in [-0.3, -0.25) is 0 Å². The van der Waals surface area contributed by atoms with E-state index in [0.717, 1.165) is 15.8 Å². The van der Waals surface area contributed by atoms with Crippen molar-refractivity contribution in [3.63, 3.8) is 0 Å². The standard InChI is InChI=1S/C11H13BrClNO/c1-6(2)14-10-5-15-11-8(10)3-7(12)4-9(11)13/h3-4,6,10,14H,5H2,1-2H3. The molecule has 0 saturated carbocycles. The van der Waals surface area contributed by atoms with E-state index in [0.29, 0.717) is 17.7 Å². The molecule has 0 saturated heterocycles. The van der Waals surface area contributed by atoms with E-state index in [1.54, 1.807) is 0 Å². The third-order valence-corrected chi connectivity index (χ3v) is 3.08. The molecule has 1 atom stereocenters. The second-order valence-electron chi connectivity index (χ2n) is 3.99. The van der Waals surface area contributed by atoms with Gasteiger partial charge in [0.2, 0.25) is 0 Å². The molecule has 0 spiro atoms. The highest BCUT2D eigenvalue weighted by Gasteiger charge is 2.26. The molecule has 0 bridgehead atoms. The van der Waals surface area contributed by atoms with Crippen LogP contribution in [0.15, 0.2) is 16.6 Å². The predicted molar refractivity (Wildman–Crippen MR) is 65.7 cm³/mol. The number of hydrogen-bond acceptors (Lipinski definition) is 2. The van der Waals surface area contributed by atoms with Gasteiger partial charge in [-0.2, -0.15) is 0 Å². The summed E-state index contributed by atoms with van der Waals surface area (Å²) in [6, 6.07) is 4.60. The van der Waals surface area contributed by atoms with E-state index in [-0.39, 0.29) is 6.04 Å². The molecule has 1 aromatic rings. The third-order valence-electron chi connectivity index (χ3n) is 2.34. The van der Waals surface area contributed by atoms with Crippen LogP contribution in [0, 0.1) is 0 Å². The molecule has 2 rings (SSSR count). The molecule has 0 fully saturated rings. The van der Waals surface area contributed by atoms with E-state index >= 15 is 0 Å². The molecule has 82 valence electrons. The fourth-order valence-corrected chi connectivity index (χ4v) is 2.68. The Morgan fingerprint density at radius 2 is 2.27 bits per heavy atom. The van der Waals surface area contributed by atoms with Crippen LogP contribution in [0.4, 0.5) is 0 Å². The summed E-state index contributed by atoms with van der Waals surface area (Å²) in [6.07, 6.45) is 0. The second-order valence-corrected chi connectivity index (χ2v) is 5.31. The fraction of sp³-hybridized carbons (Fsp3) is 0.455. The summed E-state index contributed by atoms with van der Waals surface area (Å²) < 4.78 is 6.58. The van der Waals surface area contributed by atoms with Crippen molar-refractivity contribution in [1.29, 1.82) is 0 Å². The summed E-state index contributed by atoms with van der Waals surface area (Å²) in [5, 5.41) is 4.12. The molecule has 0 radical (unpaired) electrons. The van der Waals surface area contributed by atoms with Crippen molar-refractivity contribution < 1.29 is 4.74 Å². The lowest BCUT2D eigenvalue weighted by atomic mass is 10.1. The highest BCUT2D eigenvalue weighted by atomic mass is 79.9. The number of rotatable bonds is 2. The molecular formula is C11H13BrClNO. The van der Waals surface area contributed by atoms with Gasteiger partial charge in [-0.25, -0.2) is 0 Å². The molecule has 1 unspecified atom stereocenters. The SMILES string of the molecule is CC(C)NC1COc2c(Cl)cc(Br)cc21. The summed E-state index contributed by atoms with van der Waals surface area (Å²) in [5.41, 5.74) is 1.14. The first-order valence-corrected chi connectivity index (χ1v) is 6.13. The first kappa shape index (κ1) is 11.2. The van der Waals surface area contributed by atoms with Crippen LogP contribution in [-0.2, 0) is 0 Å². The van der Waals surface area contributed by atoms with Crippen LogP contribution in [0.25, 0.3) is 0 Å². The summed E-state index contributed by atoms with van der Waals surface area (Å²) in [4.78, 5) is 0. The van der Waals surface area contributed by atoms with E-state index in [1.807, 2.05) is 6.07 Å². The highest BCUT2D eigenvalue weighted by molar-refractivity contribution is 9.10. The van der Waals surface area contributed by atoms with Crippen LogP contribution in [0.5, 0.6) is 5.75 Å². The number of hydrogen-bond donors (Lipinski definition) is 1. The lowest BCUT2D eigenvalue weighted by Gasteiger charge is -2.14. The van der Waals surface area contributed by atoms with Gasteiger partial charge in [-0.15, -0.1) is 0 Å². The van der Waals surface area contributed by atoms with Crippen molar-refractivity contribution in [2.45, 2.75) is 25.9 Å². The average Bonchev–Trinajstić information content (AvgIpc) is 2.48. The van der Waals surface area contributed by atoms with Crippen LogP contribution in [0.3, 0.4) is 0 Å². The second kappa shape index (κ2) is 4.32. The minimum absolute atomic E-state index is 0.245. The molecular weight excluding hydrogens is 277 g/mol. The zero-order chi connectivity index (χ0) is 11.0. The van der Waals surface area contributed by atoms with E-state index in [2.05, 4.69) is 41.2 Å². The highest BCUT2D eigenvalue weighted by Crippen LogP contribution is 2.40. The van der Waals surface area contributed by atoms with E-state index in [1.165, 1.54) is 0 Å². The molecule has 1 heterocycles. The summed E-state index contributed by atoms with van der Waals surface area (Å²) in [7, 11) is 0. The van der Waals surface area contributed by atoms with Gasteiger partial charge in [0.25, 0.3) is 0 Å². The Balaban J connectivity index is 2.33. The Bertz CT molecular complexity index is 381. The van der Waals surface area contributed by atoms with E-state index in [9.17, 15) is 0 Å². The number of nitrogens with one attached hydrogen (secondary N) is 1. The minimum Gasteiger partial charge on any atom is -0.490 e. The monoisotopic (exact) mass is 289 g/mol. The maximum absolute atomic E-state index is 6.09. The average molecular weight is 291 g/mol. The molecule has 1 aliphatic rings. The first-order chi connectivity index (χ1) is 7.08. The smallest absolute Gasteiger partial charge is 0.142 e. The predicted octanol–water partition coefficient (Wildman–Crippen LogP) is 3.53. The Morgan fingerprint density at radius 3 is 2.93 bits per heavy atom. The van der Waals surface area contributed by atoms with Crippen molar-refractivity contribution in [3.05, 3.63) is 27.2 Å². The zero-order valence-electron chi connectivity index (χ0n) is 8.68. The molecule has 4 heteroatoms. The van der Waals surface area contributed by atoms with Crippen molar-refractivity contribution in [2.24, 2.45) is 0 Å². The van der Waals surface area contributed by atoms with Gasteiger partial charge >= 0.3 is 0 Å². The minimum atomic E-state index is 0.245. The van der Waals surface area contributed by atoms with E-state index < -0.39 is 0 Å². The topological polar surface area (TPSA) is 21.3 Å². The maximum Gasteiger partial charge on any atom is 0.142 e. The molecule has 0 amide bonds. The van der Waals surface area contributed by atoms with Gasteiger partial charge < -0.3 is 10.1 Å². The lowest BCUT2D eigenvalue weighted by Crippen LogP contribution is -2.28. The molecule has 0 aromatic heterocycles. The Labute approximate surface area is 103 Å². The molecule has 1 aliphatic heterocycles. The van der Waals surface area contributed by atoms with Crippen LogP contribution < -0.4 is 10.1 Å². The molecule has 0 aliphatic carbocycles. The number of halogens is 2. The van der Waals surface area contributed by atoms with Gasteiger partial charge in [0, 0.05) is 16.1 Å². The van der Waals surface area contributed by atoms with Gasteiger partial charge in [0.05, 0.1) is 11.1 Å².